The van der Waals surface area contributed by atoms with Gasteiger partial charge in [-0.15, -0.1) is 0 Å². The fourth-order valence-electron chi connectivity index (χ4n) is 2.44. The van der Waals surface area contributed by atoms with Gasteiger partial charge in [-0.25, -0.2) is 0 Å². The molecule has 0 spiro atoms. The average molecular weight is 369 g/mol. The zero-order valence-electron chi connectivity index (χ0n) is 13.7. The second-order valence-corrected chi connectivity index (χ2v) is 10.6. The van der Waals surface area contributed by atoms with E-state index in [2.05, 4.69) is 32.5 Å². The third-order valence-electron chi connectivity index (χ3n) is 4.08. The predicted octanol–water partition coefficient (Wildman–Crippen LogP) is 4.32. The summed E-state index contributed by atoms with van der Waals surface area (Å²) in [5.41, 5.74) is 3.42. The van der Waals surface area contributed by atoms with Crippen LogP contribution in [-0.4, -0.2) is 31.1 Å². The molecule has 0 aliphatic carbocycles. The van der Waals surface area contributed by atoms with Crippen LogP contribution >= 0.6 is 7.26 Å². The molecule has 0 saturated heterocycles. The molecule has 0 heterocycles. The molecular weight excluding hydrogens is 342 g/mol. The van der Waals surface area contributed by atoms with Crippen LogP contribution in [-0.2, 0) is 37.5 Å². The van der Waals surface area contributed by atoms with E-state index in [9.17, 15) is 4.79 Å². The molecule has 0 saturated carbocycles. The third kappa shape index (κ3) is 4.90. The van der Waals surface area contributed by atoms with Crippen molar-refractivity contribution in [2.24, 2.45) is 0 Å². The van der Waals surface area contributed by atoms with Gasteiger partial charge in [0.15, 0.2) is 0 Å². The Hall–Kier alpha value is 0.224. The molecule has 0 bridgehead atoms. The summed E-state index contributed by atoms with van der Waals surface area (Å²) in [6, 6.07) is 6.12. The van der Waals surface area contributed by atoms with Crippen LogP contribution in [0.15, 0.2) is 18.2 Å². The third-order valence-corrected chi connectivity index (χ3v) is 7.99. The smallest absolute Gasteiger partial charge is 0.265 e. The van der Waals surface area contributed by atoms with Crippen molar-refractivity contribution < 1.29 is 37.5 Å². The van der Waals surface area contributed by atoms with E-state index in [1.165, 1.54) is 0 Å². The van der Waals surface area contributed by atoms with E-state index in [-0.39, 0.29) is 44.3 Å². The summed E-state index contributed by atoms with van der Waals surface area (Å²) < 4.78 is 0. The average Bonchev–Trinajstić information content (AvgIpc) is 2.34. The first-order valence-corrected chi connectivity index (χ1v) is 9.97. The number of nitrogens with one attached hydrogen (secondary N) is 1. The van der Waals surface area contributed by atoms with E-state index in [1.54, 1.807) is 0 Å². The number of rotatable bonds is 5. The van der Waals surface area contributed by atoms with Gasteiger partial charge in [0.2, 0.25) is 0 Å². The molecule has 2 nitrogen and oxygen atoms in total. The maximum absolute atomic E-state index is 12.6. The predicted molar refractivity (Wildman–Crippen MR) is 87.9 cm³/mol. The minimum atomic E-state index is -1.17. The Kier molecular flexibility index (Phi) is 8.71. The molecule has 1 rings (SSSR count). The summed E-state index contributed by atoms with van der Waals surface area (Å²) in [6.07, 6.45) is 2.04. The maximum atomic E-state index is 12.6. The number of aryl methyl sites for hydroxylation is 2. The number of amides is 1. The molecule has 1 amide bonds. The van der Waals surface area contributed by atoms with E-state index in [4.69, 9.17) is 0 Å². The summed E-state index contributed by atoms with van der Waals surface area (Å²) in [5.74, 6) is 0.195. The molecule has 20 heavy (non-hydrogen) atoms. The van der Waals surface area contributed by atoms with Gasteiger partial charge in [-0.1, -0.05) is 25.1 Å². The molecule has 1 N–H and O–H groups in total. The maximum Gasteiger partial charge on any atom is 0.265 e. The van der Waals surface area contributed by atoms with Gasteiger partial charge in [0, 0.05) is 59.0 Å². The van der Waals surface area contributed by atoms with Crippen LogP contribution < -0.4 is 5.32 Å². The summed E-state index contributed by atoms with van der Waals surface area (Å²) in [7, 11) is -1.17. The Bertz CT molecular complexity index is 440. The summed E-state index contributed by atoms with van der Waals surface area (Å²) in [5, 5.41) is 3.16. The number of para-hydroxylation sites is 1. The number of carbonyl (C=O) groups is 1. The molecule has 1 unspecified atom stereocenters. The molecule has 1 aromatic rings. The van der Waals surface area contributed by atoms with Gasteiger partial charge in [0.1, 0.15) is 5.66 Å². The van der Waals surface area contributed by atoms with E-state index in [1.807, 2.05) is 32.0 Å². The van der Waals surface area contributed by atoms with Gasteiger partial charge >= 0.3 is 0 Å². The van der Waals surface area contributed by atoms with Crippen LogP contribution in [0, 0.1) is 13.8 Å². The molecule has 0 aromatic heterocycles. The van der Waals surface area contributed by atoms with Crippen LogP contribution in [0.5, 0.6) is 0 Å². The van der Waals surface area contributed by atoms with Crippen LogP contribution in [0.1, 0.15) is 31.4 Å². The fourth-order valence-corrected chi connectivity index (χ4v) is 4.56. The van der Waals surface area contributed by atoms with Gasteiger partial charge < -0.3 is 5.32 Å². The number of hydrogen-bond acceptors (Lipinski definition) is 1. The molecule has 0 fully saturated rings. The Morgan fingerprint density at radius 2 is 1.70 bits per heavy atom. The first-order valence-electron chi connectivity index (χ1n) is 7.03. The van der Waals surface area contributed by atoms with Gasteiger partial charge in [-0.3, -0.25) is 4.79 Å². The van der Waals surface area contributed by atoms with Crippen molar-refractivity contribution >= 4 is 18.9 Å². The molecule has 0 aliphatic heterocycles. The largest absolute Gasteiger partial charge is 0.322 e. The van der Waals surface area contributed by atoms with Crippen LogP contribution in [0.3, 0.4) is 0 Å². The molecule has 1 atom stereocenters. The molecular formula is C16H27NOPY+. The number of anilines is 1. The van der Waals surface area contributed by atoms with Crippen molar-refractivity contribution in [3.8, 4) is 0 Å². The molecule has 1 aromatic carbocycles. The minimum Gasteiger partial charge on any atom is -0.322 e. The van der Waals surface area contributed by atoms with Crippen molar-refractivity contribution in [1.82, 2.24) is 0 Å². The van der Waals surface area contributed by atoms with E-state index >= 15 is 0 Å². The summed E-state index contributed by atoms with van der Waals surface area (Å²) >= 11 is 0. The number of benzene rings is 1. The van der Waals surface area contributed by atoms with Crippen molar-refractivity contribution in [2.45, 2.75) is 39.8 Å². The monoisotopic (exact) mass is 369 g/mol. The van der Waals surface area contributed by atoms with Gasteiger partial charge in [-0.2, -0.15) is 0 Å². The summed E-state index contributed by atoms with van der Waals surface area (Å²) in [6.45, 7) is 13.0. The van der Waals surface area contributed by atoms with Gasteiger partial charge in [-0.05, 0) is 38.3 Å². The molecule has 4 heteroatoms. The molecule has 1 radical (unpaired) electrons. The van der Waals surface area contributed by atoms with Crippen molar-refractivity contribution in [3.05, 3.63) is 29.3 Å². The number of hydrogen-bond donors (Lipinski definition) is 1. The first-order chi connectivity index (χ1) is 8.83. The zero-order valence-corrected chi connectivity index (χ0v) is 17.4. The topological polar surface area (TPSA) is 29.1 Å². The standard InChI is InChI=1S/C16H26NOP.Y/c1-7-14(19(5,6)8-2)16(18)17-15-12(3)10-9-11-13(15)4;/h9-11,14H,7-8H2,1-6H3;/p+1. The normalized spacial score (nSPS) is 12.5. The molecule has 109 valence electrons. The summed E-state index contributed by atoms with van der Waals surface area (Å²) in [4.78, 5) is 12.6. The quantitative estimate of drug-likeness (QED) is 0.770. The first kappa shape index (κ1) is 20.2. The Balaban J connectivity index is 0.00000361. The van der Waals surface area contributed by atoms with Crippen molar-refractivity contribution in [3.63, 3.8) is 0 Å². The number of carbonyl (C=O) groups excluding carboxylic acids is 1. The van der Waals surface area contributed by atoms with Gasteiger partial charge in [0.25, 0.3) is 5.91 Å². The van der Waals surface area contributed by atoms with Crippen LogP contribution in [0.25, 0.3) is 0 Å². The fraction of sp³-hybridized carbons (Fsp3) is 0.562. The SMILES string of the molecule is CCC(C(=O)Nc1c(C)cccc1C)[P+](C)(C)CC.[Y]. The van der Waals surface area contributed by atoms with Crippen molar-refractivity contribution in [2.75, 3.05) is 24.8 Å². The minimum absolute atomic E-state index is 0. The van der Waals surface area contributed by atoms with E-state index in [0.717, 1.165) is 29.4 Å². The Labute approximate surface area is 149 Å². The van der Waals surface area contributed by atoms with Crippen LogP contribution in [0.2, 0.25) is 0 Å². The van der Waals surface area contributed by atoms with Crippen LogP contribution in [0.4, 0.5) is 5.69 Å². The Morgan fingerprint density at radius 3 is 2.10 bits per heavy atom. The van der Waals surface area contributed by atoms with E-state index < -0.39 is 7.26 Å². The van der Waals surface area contributed by atoms with Gasteiger partial charge in [0.05, 0.1) is 6.16 Å². The van der Waals surface area contributed by atoms with E-state index in [0.29, 0.717) is 0 Å². The second kappa shape index (κ2) is 8.61. The second-order valence-electron chi connectivity index (χ2n) is 5.77. The van der Waals surface area contributed by atoms with Crippen molar-refractivity contribution in [1.29, 1.82) is 0 Å². The zero-order chi connectivity index (χ0) is 14.6. The molecule has 0 aliphatic rings. The Morgan fingerprint density at radius 1 is 1.20 bits per heavy atom.